The monoisotopic (exact) mass is 161 g/mol. The summed E-state index contributed by atoms with van der Waals surface area (Å²) in [5.74, 6) is -0.409. The maximum atomic E-state index is 10.7. The number of carbonyl (C=O) groups is 2. The second-order valence-electron chi connectivity index (χ2n) is 1.81. The van der Waals surface area contributed by atoms with Crippen LogP contribution in [0.4, 0.5) is 4.79 Å². The van der Waals surface area contributed by atoms with Crippen LogP contribution in [0.3, 0.4) is 0 Å². The number of ether oxygens (including phenoxy) is 1. The van der Waals surface area contributed by atoms with Gasteiger partial charge < -0.3 is 10.1 Å². The Bertz CT molecular complexity index is 180. The first-order valence-electron chi connectivity index (χ1n) is 2.93. The third kappa shape index (κ3) is 1.89. The predicted octanol–water partition coefficient (Wildman–Crippen LogP) is -0.801. The summed E-state index contributed by atoms with van der Waals surface area (Å²) in [5.41, 5.74) is 0. The quantitative estimate of drug-likeness (QED) is 0.509. The van der Waals surface area contributed by atoms with Gasteiger partial charge in [-0.15, -0.1) is 0 Å². The molecule has 0 bridgehead atoms. The number of ketones is 1. The minimum absolute atomic E-state index is 0.179. The number of amides is 1. The van der Waals surface area contributed by atoms with Gasteiger partial charge in [-0.25, -0.2) is 9.68 Å². The standard InChI is InChI=1S/C5H7NO5/c1-6-5(8)10-4-3(7)2-9-11-4/h4H,2H2,1H3,(H,6,8). The molecule has 1 rings (SSSR count). The molecular formula is C5H7NO5. The van der Waals surface area contributed by atoms with Crippen molar-refractivity contribution in [2.45, 2.75) is 6.29 Å². The van der Waals surface area contributed by atoms with E-state index >= 15 is 0 Å². The molecule has 11 heavy (non-hydrogen) atoms. The first kappa shape index (κ1) is 7.96. The Morgan fingerprint density at radius 2 is 2.55 bits per heavy atom. The van der Waals surface area contributed by atoms with Crippen LogP contribution in [0.15, 0.2) is 0 Å². The first-order chi connectivity index (χ1) is 5.24. The van der Waals surface area contributed by atoms with Gasteiger partial charge in [0.05, 0.1) is 0 Å². The van der Waals surface area contributed by atoms with E-state index in [1.807, 2.05) is 0 Å². The minimum Gasteiger partial charge on any atom is -0.409 e. The van der Waals surface area contributed by atoms with E-state index in [4.69, 9.17) is 0 Å². The lowest BCUT2D eigenvalue weighted by Gasteiger charge is -2.05. The van der Waals surface area contributed by atoms with E-state index in [2.05, 4.69) is 19.8 Å². The average molecular weight is 161 g/mol. The van der Waals surface area contributed by atoms with Gasteiger partial charge in [0.2, 0.25) is 5.78 Å². The number of rotatable bonds is 1. The zero-order valence-electron chi connectivity index (χ0n) is 5.83. The van der Waals surface area contributed by atoms with Crippen LogP contribution in [-0.4, -0.2) is 31.8 Å². The van der Waals surface area contributed by atoms with E-state index in [9.17, 15) is 9.59 Å². The van der Waals surface area contributed by atoms with Crippen molar-refractivity contribution in [3.8, 4) is 0 Å². The van der Waals surface area contributed by atoms with Gasteiger partial charge in [0.1, 0.15) is 6.61 Å². The summed E-state index contributed by atoms with van der Waals surface area (Å²) < 4.78 is 4.43. The van der Waals surface area contributed by atoms with Crippen molar-refractivity contribution in [1.29, 1.82) is 0 Å². The van der Waals surface area contributed by atoms with Gasteiger partial charge in [-0.05, 0) is 0 Å². The van der Waals surface area contributed by atoms with Crippen molar-refractivity contribution in [3.05, 3.63) is 0 Å². The third-order valence-corrected chi connectivity index (χ3v) is 1.04. The van der Waals surface area contributed by atoms with Crippen molar-refractivity contribution in [1.82, 2.24) is 5.32 Å². The van der Waals surface area contributed by atoms with E-state index < -0.39 is 18.2 Å². The molecule has 1 amide bonds. The molecule has 1 saturated heterocycles. The molecular weight excluding hydrogens is 154 g/mol. The molecule has 0 aliphatic carbocycles. The van der Waals surface area contributed by atoms with Crippen LogP contribution in [0.1, 0.15) is 0 Å². The van der Waals surface area contributed by atoms with Crippen molar-refractivity contribution in [2.75, 3.05) is 13.7 Å². The molecule has 1 unspecified atom stereocenters. The fourth-order valence-electron chi connectivity index (χ4n) is 0.517. The summed E-state index contributed by atoms with van der Waals surface area (Å²) in [7, 11) is 1.38. The number of hydrogen-bond donors (Lipinski definition) is 1. The molecule has 1 fully saturated rings. The third-order valence-electron chi connectivity index (χ3n) is 1.04. The van der Waals surface area contributed by atoms with Gasteiger partial charge in [-0.1, -0.05) is 0 Å². The van der Waals surface area contributed by atoms with Crippen molar-refractivity contribution < 1.29 is 24.1 Å². The molecule has 0 aromatic rings. The molecule has 62 valence electrons. The van der Waals surface area contributed by atoms with Gasteiger partial charge in [0.25, 0.3) is 6.29 Å². The van der Waals surface area contributed by atoms with E-state index in [0.717, 1.165) is 0 Å². The molecule has 1 N–H and O–H groups in total. The molecule has 1 aliphatic rings. The molecule has 1 heterocycles. The molecule has 0 saturated carbocycles. The zero-order valence-corrected chi connectivity index (χ0v) is 5.83. The highest BCUT2D eigenvalue weighted by atomic mass is 17.2. The predicted molar refractivity (Wildman–Crippen MR) is 31.4 cm³/mol. The number of alkyl carbamates (subject to hydrolysis) is 1. The molecule has 1 aliphatic heterocycles. The Morgan fingerprint density at radius 1 is 1.82 bits per heavy atom. The van der Waals surface area contributed by atoms with E-state index in [0.29, 0.717) is 0 Å². The lowest BCUT2D eigenvalue weighted by atomic mass is 10.4. The summed E-state index contributed by atoms with van der Waals surface area (Å²) in [6.07, 6.45) is -1.94. The smallest absolute Gasteiger partial charge is 0.409 e. The SMILES string of the molecule is CNC(=O)OC1OOCC1=O. The lowest BCUT2D eigenvalue weighted by molar-refractivity contribution is -0.313. The Morgan fingerprint density at radius 3 is 3.00 bits per heavy atom. The zero-order chi connectivity index (χ0) is 8.27. The van der Waals surface area contributed by atoms with Crippen LogP contribution in [0.5, 0.6) is 0 Å². The van der Waals surface area contributed by atoms with Crippen LogP contribution in [0, 0.1) is 0 Å². The normalized spacial score (nSPS) is 23.4. The fourth-order valence-corrected chi connectivity index (χ4v) is 0.517. The first-order valence-corrected chi connectivity index (χ1v) is 2.93. The largest absolute Gasteiger partial charge is 0.409 e. The van der Waals surface area contributed by atoms with Crippen LogP contribution in [0.25, 0.3) is 0 Å². The summed E-state index contributed by atoms with van der Waals surface area (Å²) in [6.45, 7) is -0.179. The van der Waals surface area contributed by atoms with Crippen molar-refractivity contribution in [2.24, 2.45) is 0 Å². The fraction of sp³-hybridized carbons (Fsp3) is 0.600. The molecule has 6 nitrogen and oxygen atoms in total. The van der Waals surface area contributed by atoms with Crippen LogP contribution >= 0.6 is 0 Å². The highest BCUT2D eigenvalue weighted by Crippen LogP contribution is 2.05. The molecule has 0 radical (unpaired) electrons. The second-order valence-corrected chi connectivity index (χ2v) is 1.81. The van der Waals surface area contributed by atoms with E-state index in [1.165, 1.54) is 7.05 Å². The highest BCUT2D eigenvalue weighted by Gasteiger charge is 2.30. The Balaban J connectivity index is 2.36. The van der Waals surface area contributed by atoms with Crippen molar-refractivity contribution >= 4 is 11.9 Å². The summed E-state index contributed by atoms with van der Waals surface area (Å²) in [4.78, 5) is 29.7. The average Bonchev–Trinajstić information content (AvgIpc) is 2.37. The maximum Gasteiger partial charge on any atom is 0.409 e. The summed E-state index contributed by atoms with van der Waals surface area (Å²) in [5, 5.41) is 2.16. The molecule has 0 aromatic heterocycles. The topological polar surface area (TPSA) is 73.9 Å². The Labute approximate surface area is 62.3 Å². The molecule has 0 aromatic carbocycles. The van der Waals surface area contributed by atoms with Gasteiger partial charge in [-0.3, -0.25) is 4.79 Å². The number of Topliss-reactive ketones (excluding diaryl/α,β-unsaturated/α-hetero) is 1. The van der Waals surface area contributed by atoms with Gasteiger partial charge in [0.15, 0.2) is 0 Å². The highest BCUT2D eigenvalue weighted by molar-refractivity contribution is 5.85. The minimum atomic E-state index is -1.21. The van der Waals surface area contributed by atoms with Crippen LogP contribution < -0.4 is 5.32 Å². The van der Waals surface area contributed by atoms with Gasteiger partial charge >= 0.3 is 6.09 Å². The number of carbonyl (C=O) groups excluding carboxylic acids is 2. The maximum absolute atomic E-state index is 10.7. The van der Waals surface area contributed by atoms with Gasteiger partial charge in [0, 0.05) is 7.05 Å². The Kier molecular flexibility index (Phi) is 2.40. The summed E-state index contributed by atoms with van der Waals surface area (Å²) in [6, 6.07) is 0. The molecule has 1 atom stereocenters. The van der Waals surface area contributed by atoms with E-state index in [1.54, 1.807) is 0 Å². The lowest BCUT2D eigenvalue weighted by Crippen LogP contribution is -2.29. The van der Waals surface area contributed by atoms with E-state index in [-0.39, 0.29) is 6.61 Å². The number of hydrogen-bond acceptors (Lipinski definition) is 5. The van der Waals surface area contributed by atoms with Crippen LogP contribution in [-0.2, 0) is 19.3 Å². The Hall–Kier alpha value is -1.14. The number of nitrogens with one attached hydrogen (secondary N) is 1. The van der Waals surface area contributed by atoms with Crippen LogP contribution in [0.2, 0.25) is 0 Å². The van der Waals surface area contributed by atoms with Gasteiger partial charge in [-0.2, -0.15) is 4.89 Å². The molecule has 6 heteroatoms. The second kappa shape index (κ2) is 3.31. The molecule has 0 spiro atoms. The van der Waals surface area contributed by atoms with Crippen molar-refractivity contribution in [3.63, 3.8) is 0 Å². The summed E-state index contributed by atoms with van der Waals surface area (Å²) >= 11 is 0.